The van der Waals surface area contributed by atoms with E-state index in [1.807, 2.05) is 0 Å². The molecule has 1 aliphatic rings. The van der Waals surface area contributed by atoms with Crippen LogP contribution in [0.5, 0.6) is 0 Å². The van der Waals surface area contributed by atoms with Gasteiger partial charge in [-0.3, -0.25) is 9.59 Å². The van der Waals surface area contributed by atoms with Crippen molar-refractivity contribution in [2.24, 2.45) is 5.92 Å². The summed E-state index contributed by atoms with van der Waals surface area (Å²) in [5, 5.41) is 4.98. The quantitative estimate of drug-likeness (QED) is 0.897. The van der Waals surface area contributed by atoms with Gasteiger partial charge in [-0.05, 0) is 12.8 Å². The molecule has 2 rings (SSSR count). The van der Waals surface area contributed by atoms with Crippen LogP contribution in [0.1, 0.15) is 39.0 Å². The predicted octanol–water partition coefficient (Wildman–Crippen LogP) is 3.44. The lowest BCUT2D eigenvalue weighted by Crippen LogP contribution is -2.25. The number of carbonyl (C=O) groups is 2. The summed E-state index contributed by atoms with van der Waals surface area (Å²) in [7, 11) is 0. The molecule has 0 saturated heterocycles. The van der Waals surface area contributed by atoms with Crippen molar-refractivity contribution >= 4 is 23.2 Å². The molecule has 0 aliphatic heterocycles. The monoisotopic (exact) mass is 296 g/mol. The SMILES string of the molecule is CC(=O)Nc1cc(F)c(F)cc1NC(=O)C1CCCCC1. The van der Waals surface area contributed by atoms with Crippen molar-refractivity contribution in [2.75, 3.05) is 10.6 Å². The lowest BCUT2D eigenvalue weighted by Gasteiger charge is -2.21. The van der Waals surface area contributed by atoms with Crippen LogP contribution in [0.4, 0.5) is 20.2 Å². The average molecular weight is 296 g/mol. The summed E-state index contributed by atoms with van der Waals surface area (Å²) < 4.78 is 26.6. The fraction of sp³-hybridized carbons (Fsp3) is 0.467. The summed E-state index contributed by atoms with van der Waals surface area (Å²) in [5.74, 6) is -2.89. The van der Waals surface area contributed by atoms with Crippen molar-refractivity contribution in [1.82, 2.24) is 0 Å². The van der Waals surface area contributed by atoms with E-state index in [1.165, 1.54) is 6.92 Å². The minimum Gasteiger partial charge on any atom is -0.324 e. The van der Waals surface area contributed by atoms with Gasteiger partial charge < -0.3 is 10.6 Å². The first kappa shape index (κ1) is 15.4. The van der Waals surface area contributed by atoms with Crippen molar-refractivity contribution in [3.8, 4) is 0 Å². The van der Waals surface area contributed by atoms with Crippen molar-refractivity contribution < 1.29 is 18.4 Å². The summed E-state index contributed by atoms with van der Waals surface area (Å²) in [4.78, 5) is 23.3. The number of hydrogen-bond donors (Lipinski definition) is 2. The Labute approximate surface area is 121 Å². The van der Waals surface area contributed by atoms with Crippen LogP contribution >= 0.6 is 0 Å². The van der Waals surface area contributed by atoms with E-state index in [4.69, 9.17) is 0 Å². The molecule has 1 saturated carbocycles. The summed E-state index contributed by atoms with van der Waals surface area (Å²) in [5.41, 5.74) is 0.144. The van der Waals surface area contributed by atoms with E-state index in [-0.39, 0.29) is 23.2 Å². The van der Waals surface area contributed by atoms with E-state index >= 15 is 0 Å². The largest absolute Gasteiger partial charge is 0.324 e. The molecular formula is C15H18F2N2O2. The van der Waals surface area contributed by atoms with E-state index in [2.05, 4.69) is 10.6 Å². The number of halogens is 2. The lowest BCUT2D eigenvalue weighted by molar-refractivity contribution is -0.120. The van der Waals surface area contributed by atoms with Crippen LogP contribution < -0.4 is 10.6 Å². The molecule has 4 nitrogen and oxygen atoms in total. The first-order valence-corrected chi connectivity index (χ1v) is 7.05. The van der Waals surface area contributed by atoms with Crippen molar-refractivity contribution in [2.45, 2.75) is 39.0 Å². The van der Waals surface area contributed by atoms with Crippen molar-refractivity contribution in [3.63, 3.8) is 0 Å². The molecule has 1 fully saturated rings. The molecule has 0 aromatic heterocycles. The maximum absolute atomic E-state index is 13.4. The Morgan fingerprint density at radius 1 is 1.00 bits per heavy atom. The van der Waals surface area contributed by atoms with Gasteiger partial charge >= 0.3 is 0 Å². The molecule has 0 spiro atoms. The molecule has 2 N–H and O–H groups in total. The summed E-state index contributed by atoms with van der Waals surface area (Å²) in [6.07, 6.45) is 4.70. The zero-order valence-corrected chi connectivity index (χ0v) is 11.8. The fourth-order valence-electron chi connectivity index (χ4n) is 2.54. The van der Waals surface area contributed by atoms with E-state index in [0.717, 1.165) is 44.2 Å². The molecule has 0 atom stereocenters. The van der Waals surface area contributed by atoms with Crippen molar-refractivity contribution in [1.29, 1.82) is 0 Å². The lowest BCUT2D eigenvalue weighted by atomic mass is 9.88. The Balaban J connectivity index is 2.18. The number of nitrogens with one attached hydrogen (secondary N) is 2. The second-order valence-corrected chi connectivity index (χ2v) is 5.32. The van der Waals surface area contributed by atoms with Gasteiger partial charge in [0.05, 0.1) is 11.4 Å². The van der Waals surface area contributed by atoms with Crippen LogP contribution in [0.2, 0.25) is 0 Å². The van der Waals surface area contributed by atoms with Gasteiger partial charge in [-0.1, -0.05) is 19.3 Å². The van der Waals surface area contributed by atoms with Crippen molar-refractivity contribution in [3.05, 3.63) is 23.8 Å². The van der Waals surface area contributed by atoms with Gasteiger partial charge in [-0.15, -0.1) is 0 Å². The number of benzene rings is 1. The number of amides is 2. The van der Waals surface area contributed by atoms with Gasteiger partial charge in [0, 0.05) is 25.0 Å². The molecule has 0 heterocycles. The second-order valence-electron chi connectivity index (χ2n) is 5.32. The second kappa shape index (κ2) is 6.65. The fourth-order valence-corrected chi connectivity index (χ4v) is 2.54. The molecule has 1 aromatic rings. The Kier molecular flexibility index (Phi) is 4.88. The molecule has 2 amide bonds. The van der Waals surface area contributed by atoms with Crippen LogP contribution in [0, 0.1) is 17.6 Å². The van der Waals surface area contributed by atoms with Gasteiger partial charge in [-0.2, -0.15) is 0 Å². The minimum atomic E-state index is -1.07. The standard InChI is InChI=1S/C15H18F2N2O2/c1-9(20)18-13-7-11(16)12(17)8-14(13)19-15(21)10-5-3-2-4-6-10/h7-8,10H,2-6H2,1H3,(H,18,20)(H,19,21). The van der Waals surface area contributed by atoms with Crippen LogP contribution in [-0.2, 0) is 9.59 Å². The third-order valence-corrected chi connectivity index (χ3v) is 3.60. The molecule has 1 aromatic carbocycles. The predicted molar refractivity (Wildman–Crippen MR) is 75.9 cm³/mol. The Morgan fingerprint density at radius 2 is 1.52 bits per heavy atom. The highest BCUT2D eigenvalue weighted by atomic mass is 19.2. The van der Waals surface area contributed by atoms with E-state index in [0.29, 0.717) is 0 Å². The van der Waals surface area contributed by atoms with Gasteiger partial charge in [-0.25, -0.2) is 8.78 Å². The number of rotatable bonds is 3. The first-order chi connectivity index (χ1) is 9.97. The third kappa shape index (κ3) is 4.00. The van der Waals surface area contributed by atoms with E-state index in [9.17, 15) is 18.4 Å². The molecule has 114 valence electrons. The number of hydrogen-bond acceptors (Lipinski definition) is 2. The van der Waals surface area contributed by atoms with Crippen LogP contribution in [0.3, 0.4) is 0 Å². The Hall–Kier alpha value is -1.98. The summed E-state index contributed by atoms with van der Waals surface area (Å²) >= 11 is 0. The summed E-state index contributed by atoms with van der Waals surface area (Å²) in [6, 6.07) is 1.76. The van der Waals surface area contributed by atoms with E-state index < -0.39 is 17.5 Å². The molecule has 1 aliphatic carbocycles. The molecule has 6 heteroatoms. The summed E-state index contributed by atoms with van der Waals surface area (Å²) in [6.45, 7) is 1.26. The third-order valence-electron chi connectivity index (χ3n) is 3.60. The zero-order valence-electron chi connectivity index (χ0n) is 11.8. The average Bonchev–Trinajstić information content (AvgIpc) is 2.44. The number of anilines is 2. The topological polar surface area (TPSA) is 58.2 Å². The number of carbonyl (C=O) groups excluding carboxylic acids is 2. The van der Waals surface area contributed by atoms with Crippen LogP contribution in [0.25, 0.3) is 0 Å². The minimum absolute atomic E-state index is 0.0607. The van der Waals surface area contributed by atoms with E-state index in [1.54, 1.807) is 0 Å². The first-order valence-electron chi connectivity index (χ1n) is 7.05. The highest BCUT2D eigenvalue weighted by molar-refractivity contribution is 5.99. The van der Waals surface area contributed by atoms with Crippen LogP contribution in [-0.4, -0.2) is 11.8 Å². The molecule has 0 unspecified atom stereocenters. The van der Waals surface area contributed by atoms with Crippen LogP contribution in [0.15, 0.2) is 12.1 Å². The van der Waals surface area contributed by atoms with Gasteiger partial charge in [0.15, 0.2) is 11.6 Å². The molecule has 0 bridgehead atoms. The molecule has 0 radical (unpaired) electrons. The highest BCUT2D eigenvalue weighted by Gasteiger charge is 2.22. The zero-order chi connectivity index (χ0) is 15.4. The van der Waals surface area contributed by atoms with Gasteiger partial charge in [0.2, 0.25) is 11.8 Å². The maximum Gasteiger partial charge on any atom is 0.227 e. The Bertz CT molecular complexity index is 555. The smallest absolute Gasteiger partial charge is 0.227 e. The highest BCUT2D eigenvalue weighted by Crippen LogP contribution is 2.29. The van der Waals surface area contributed by atoms with Gasteiger partial charge in [0.1, 0.15) is 0 Å². The molecule has 21 heavy (non-hydrogen) atoms. The van der Waals surface area contributed by atoms with Gasteiger partial charge in [0.25, 0.3) is 0 Å². The maximum atomic E-state index is 13.4. The normalized spacial score (nSPS) is 15.6. The Morgan fingerprint density at radius 3 is 2.05 bits per heavy atom. The molecular weight excluding hydrogens is 278 g/mol.